The van der Waals surface area contributed by atoms with E-state index in [0.717, 1.165) is 11.8 Å². The number of nitro benzene ring substituents is 1. The van der Waals surface area contributed by atoms with E-state index in [1.54, 1.807) is 0 Å². The molecule has 1 spiro atoms. The summed E-state index contributed by atoms with van der Waals surface area (Å²) in [7, 11) is 0. The van der Waals surface area contributed by atoms with Gasteiger partial charge in [-0.05, 0) is 31.4 Å². The van der Waals surface area contributed by atoms with Gasteiger partial charge in [-0.1, -0.05) is 0 Å². The summed E-state index contributed by atoms with van der Waals surface area (Å²) in [6.45, 7) is -0.893. The number of rotatable bonds is 15. The average molecular weight is 689 g/mol. The lowest BCUT2D eigenvalue weighted by Crippen LogP contribution is -2.62. The van der Waals surface area contributed by atoms with Gasteiger partial charge in [-0.25, -0.2) is 0 Å². The molecule has 5 unspecified atom stereocenters. The summed E-state index contributed by atoms with van der Waals surface area (Å²) < 4.78 is 28.6. The minimum Gasteiger partial charge on any atom is -0.462 e. The van der Waals surface area contributed by atoms with E-state index in [0.29, 0.717) is 24.2 Å². The minimum absolute atomic E-state index is 0.00213. The Morgan fingerprint density at radius 3 is 2.53 bits per heavy atom. The van der Waals surface area contributed by atoms with Crippen LogP contribution >= 0.6 is 11.8 Å². The van der Waals surface area contributed by atoms with Crippen LogP contribution in [0, 0.1) is 10.1 Å². The van der Waals surface area contributed by atoms with E-state index in [1.165, 1.54) is 24.3 Å². The van der Waals surface area contributed by atoms with Gasteiger partial charge in [0, 0.05) is 37.9 Å². The molecule has 18 heteroatoms. The van der Waals surface area contributed by atoms with Crippen molar-refractivity contribution in [1.29, 1.82) is 0 Å². The first-order chi connectivity index (χ1) is 22.5. The molecule has 0 radical (unpaired) electrons. The van der Waals surface area contributed by atoms with E-state index in [2.05, 4.69) is 5.32 Å². The lowest BCUT2D eigenvalue weighted by atomic mass is 9.93. The Morgan fingerprint density at radius 1 is 1.13 bits per heavy atom. The van der Waals surface area contributed by atoms with Crippen molar-refractivity contribution in [3.05, 3.63) is 45.0 Å². The molecule has 7 N–H and O–H groups in total. The number of hydrogen-bond acceptors (Lipinski definition) is 16. The monoisotopic (exact) mass is 688 g/mol. The third-order valence-electron chi connectivity index (χ3n) is 7.69. The van der Waals surface area contributed by atoms with E-state index in [-0.39, 0.29) is 61.3 Å². The van der Waals surface area contributed by atoms with Crippen LogP contribution in [0.25, 0.3) is 0 Å². The maximum atomic E-state index is 12.2. The van der Waals surface area contributed by atoms with Crippen molar-refractivity contribution < 1.29 is 68.8 Å². The number of ether oxygens (including phenoxy) is 5. The van der Waals surface area contributed by atoms with Crippen molar-refractivity contribution in [2.45, 2.75) is 87.2 Å². The molecule has 0 saturated carbocycles. The van der Waals surface area contributed by atoms with Gasteiger partial charge in [-0.3, -0.25) is 19.7 Å². The summed E-state index contributed by atoms with van der Waals surface area (Å²) in [5, 5.41) is 74.2. The highest BCUT2D eigenvalue weighted by atomic mass is 32.2. The molecule has 1 aromatic carbocycles. The number of nitrogens with one attached hydrogen (secondary N) is 1. The Kier molecular flexibility index (Phi) is 13.3. The number of unbranched alkanes of at least 4 members (excludes halogenated alkanes) is 1. The number of carbonyl (C=O) groups is 2. The van der Waals surface area contributed by atoms with Gasteiger partial charge in [-0.2, -0.15) is 0 Å². The number of carbonyl (C=O) groups excluding carboxylic acids is 2. The molecule has 3 aliphatic rings. The van der Waals surface area contributed by atoms with Gasteiger partial charge < -0.3 is 59.6 Å². The summed E-state index contributed by atoms with van der Waals surface area (Å²) in [6, 6.07) is 5.14. The molecule has 3 heterocycles. The second kappa shape index (κ2) is 17.0. The highest BCUT2D eigenvalue weighted by Gasteiger charge is 2.55. The summed E-state index contributed by atoms with van der Waals surface area (Å²) >= 11 is 1.16. The fraction of sp³-hybridized carbons (Fsp3) is 0.655. The number of benzene rings is 1. The molecular weight excluding hydrogens is 648 g/mol. The van der Waals surface area contributed by atoms with E-state index in [4.69, 9.17) is 23.7 Å². The smallest absolute Gasteiger partial charge is 0.311 e. The van der Waals surface area contributed by atoms with Gasteiger partial charge in [0.1, 0.15) is 42.0 Å². The number of nitrogens with zero attached hydrogens (tertiary/aromatic N) is 1. The topological polar surface area (TPSA) is 257 Å². The molecule has 1 fully saturated rings. The minimum atomic E-state index is -1.55. The standard InChI is InChI=1S/C29H40N2O15S/c32-13-19(35)25-23(38)18(34)12-29(45-25)15-47-27-26(46-29)24(39)20(14-33)44-28(27)42-11-3-10-30-21(36)4-1-2-5-22(37)43-17-8-6-16(7-9-17)31(40)41/h6-9,18-20,23-25,28,32-35,38-39H,1-5,10-15H2,(H,30,36)/t18?,19-,20?,23?,24?,25-,28?,29+/m1/s1. The van der Waals surface area contributed by atoms with Gasteiger partial charge in [0.15, 0.2) is 6.29 Å². The molecule has 0 bridgehead atoms. The van der Waals surface area contributed by atoms with Crippen LogP contribution in [-0.4, -0.2) is 128 Å². The van der Waals surface area contributed by atoms with Crippen LogP contribution in [0.1, 0.15) is 38.5 Å². The van der Waals surface area contributed by atoms with Gasteiger partial charge >= 0.3 is 5.97 Å². The number of aliphatic hydroxyl groups excluding tert-OH is 6. The SMILES string of the molecule is O=C(CCCCC(=O)Oc1ccc([N+](=O)[O-])cc1)NCCCOC1OC(CO)C(O)C2=C1SC[C@]1(CC(O)C(O)[C@@H]([C@H](O)CO)O1)O2. The van der Waals surface area contributed by atoms with Crippen LogP contribution in [0.5, 0.6) is 5.75 Å². The third kappa shape index (κ3) is 9.59. The zero-order chi connectivity index (χ0) is 34.1. The van der Waals surface area contributed by atoms with Crippen molar-refractivity contribution in [1.82, 2.24) is 5.32 Å². The number of esters is 1. The van der Waals surface area contributed by atoms with Crippen LogP contribution in [0.3, 0.4) is 0 Å². The predicted molar refractivity (Wildman–Crippen MR) is 160 cm³/mol. The van der Waals surface area contributed by atoms with Gasteiger partial charge in [0.05, 0.1) is 41.5 Å². The van der Waals surface area contributed by atoms with Gasteiger partial charge in [0.25, 0.3) is 5.69 Å². The number of thioether (sulfide) groups is 1. The largest absolute Gasteiger partial charge is 0.462 e. The van der Waals surface area contributed by atoms with E-state index >= 15 is 0 Å². The Labute approximate surface area is 273 Å². The van der Waals surface area contributed by atoms with E-state index in [9.17, 15) is 50.3 Å². The quantitative estimate of drug-likeness (QED) is 0.0391. The molecule has 4 rings (SSSR count). The Morgan fingerprint density at radius 2 is 1.85 bits per heavy atom. The molecule has 1 amide bonds. The third-order valence-corrected chi connectivity index (χ3v) is 8.98. The number of non-ortho nitro benzene ring substituents is 1. The van der Waals surface area contributed by atoms with E-state index < -0.39 is 72.8 Å². The zero-order valence-corrected chi connectivity index (χ0v) is 26.2. The normalized spacial score (nSPS) is 29.5. The summed E-state index contributed by atoms with van der Waals surface area (Å²) in [6.07, 6.45) is -7.92. The van der Waals surface area contributed by atoms with Crippen LogP contribution < -0.4 is 10.1 Å². The van der Waals surface area contributed by atoms with Crippen LogP contribution in [0.15, 0.2) is 34.9 Å². The Balaban J connectivity index is 1.18. The maximum Gasteiger partial charge on any atom is 0.311 e. The van der Waals surface area contributed by atoms with Gasteiger partial charge in [0.2, 0.25) is 11.7 Å². The fourth-order valence-electron chi connectivity index (χ4n) is 5.20. The molecule has 3 aliphatic heterocycles. The summed E-state index contributed by atoms with van der Waals surface area (Å²) in [5.41, 5.74) is -0.117. The zero-order valence-electron chi connectivity index (χ0n) is 25.3. The van der Waals surface area contributed by atoms with Crippen molar-refractivity contribution in [2.75, 3.05) is 32.1 Å². The average Bonchev–Trinajstić information content (AvgIpc) is 3.05. The molecule has 262 valence electrons. The highest BCUT2D eigenvalue weighted by molar-refractivity contribution is 8.03. The molecule has 17 nitrogen and oxygen atoms in total. The fourth-order valence-corrected chi connectivity index (χ4v) is 6.38. The van der Waals surface area contributed by atoms with E-state index in [1.807, 2.05) is 0 Å². The second-order valence-electron chi connectivity index (χ2n) is 11.3. The summed E-state index contributed by atoms with van der Waals surface area (Å²) in [4.78, 5) is 34.7. The van der Waals surface area contributed by atoms with Crippen molar-refractivity contribution >= 4 is 29.3 Å². The summed E-state index contributed by atoms with van der Waals surface area (Å²) in [5.74, 6) is -2.03. The number of amides is 1. The van der Waals surface area contributed by atoms with Crippen molar-refractivity contribution in [3.63, 3.8) is 0 Å². The maximum absolute atomic E-state index is 12.2. The van der Waals surface area contributed by atoms with Crippen LogP contribution in [0.2, 0.25) is 0 Å². The first kappa shape index (κ1) is 36.9. The number of aliphatic hydroxyl groups is 6. The lowest BCUT2D eigenvalue weighted by molar-refractivity contribution is -0.384. The molecule has 8 atom stereocenters. The molecular formula is C29H40N2O15S. The Hall–Kier alpha value is -2.91. The lowest BCUT2D eigenvalue weighted by Gasteiger charge is -2.50. The number of nitro groups is 1. The molecule has 1 saturated heterocycles. The second-order valence-corrected chi connectivity index (χ2v) is 12.3. The van der Waals surface area contributed by atoms with Crippen molar-refractivity contribution in [3.8, 4) is 5.75 Å². The molecule has 0 aliphatic carbocycles. The molecule has 0 aromatic heterocycles. The number of hydrogen-bond donors (Lipinski definition) is 7. The van der Waals surface area contributed by atoms with Gasteiger partial charge in [-0.15, -0.1) is 11.8 Å². The Bertz CT molecular complexity index is 1270. The predicted octanol–water partition coefficient (Wildman–Crippen LogP) is -0.803. The molecule has 1 aromatic rings. The highest BCUT2D eigenvalue weighted by Crippen LogP contribution is 2.47. The molecule has 47 heavy (non-hydrogen) atoms. The van der Waals surface area contributed by atoms with Crippen molar-refractivity contribution in [2.24, 2.45) is 0 Å². The first-order valence-electron chi connectivity index (χ1n) is 15.1. The first-order valence-corrected chi connectivity index (χ1v) is 16.1. The van der Waals surface area contributed by atoms with Crippen LogP contribution in [0.4, 0.5) is 5.69 Å². The van der Waals surface area contributed by atoms with Crippen LogP contribution in [-0.2, 0) is 28.5 Å².